The number of carboxylic acids is 1. The number of anilines is 1. The molecule has 0 saturated heterocycles. The third kappa shape index (κ3) is 3.86. The number of ether oxygens (including phenoxy) is 1. The van der Waals surface area contributed by atoms with Crippen LogP contribution >= 0.6 is 0 Å². The summed E-state index contributed by atoms with van der Waals surface area (Å²) >= 11 is 0. The van der Waals surface area contributed by atoms with Crippen molar-refractivity contribution in [2.75, 3.05) is 19.0 Å². The van der Waals surface area contributed by atoms with Gasteiger partial charge in [-0.05, 0) is 18.2 Å². The fourth-order valence-corrected chi connectivity index (χ4v) is 1.52. The highest BCUT2D eigenvalue weighted by Gasteiger charge is 2.33. The van der Waals surface area contributed by atoms with E-state index in [0.717, 1.165) is 18.2 Å². The number of hydrogen-bond donors (Lipinski definition) is 2. The van der Waals surface area contributed by atoms with Gasteiger partial charge in [-0.1, -0.05) is 0 Å². The van der Waals surface area contributed by atoms with Crippen LogP contribution in [0, 0.1) is 11.3 Å². The molecule has 1 aromatic carbocycles. The largest absolute Gasteiger partial charge is 0.480 e. The molecule has 1 atom stereocenters. The second-order valence-corrected chi connectivity index (χ2v) is 3.86. The zero-order chi connectivity index (χ0) is 15.3. The molecule has 8 heteroatoms. The number of benzene rings is 1. The van der Waals surface area contributed by atoms with Crippen LogP contribution in [0.15, 0.2) is 18.2 Å². The Kier molecular flexibility index (Phi) is 4.94. The third-order valence-electron chi connectivity index (χ3n) is 2.42. The van der Waals surface area contributed by atoms with Gasteiger partial charge in [-0.3, -0.25) is 0 Å². The Morgan fingerprint density at radius 2 is 2.20 bits per heavy atom. The first-order valence-electron chi connectivity index (χ1n) is 5.39. The number of rotatable bonds is 5. The van der Waals surface area contributed by atoms with E-state index < -0.39 is 29.3 Å². The maximum absolute atomic E-state index is 12.6. The van der Waals surface area contributed by atoms with E-state index in [9.17, 15) is 18.0 Å². The molecule has 108 valence electrons. The molecule has 2 N–H and O–H groups in total. The maximum atomic E-state index is 12.6. The number of nitriles is 1. The highest BCUT2D eigenvalue weighted by atomic mass is 19.4. The monoisotopic (exact) mass is 288 g/mol. The van der Waals surface area contributed by atoms with E-state index in [1.807, 2.05) is 0 Å². The molecule has 0 bridgehead atoms. The molecule has 0 spiro atoms. The van der Waals surface area contributed by atoms with Gasteiger partial charge in [0.15, 0.2) is 0 Å². The topological polar surface area (TPSA) is 82.3 Å². The zero-order valence-electron chi connectivity index (χ0n) is 10.4. The van der Waals surface area contributed by atoms with Crippen LogP contribution in [0.5, 0.6) is 0 Å². The third-order valence-corrected chi connectivity index (χ3v) is 2.42. The minimum atomic E-state index is -4.64. The minimum absolute atomic E-state index is 0.0963. The van der Waals surface area contributed by atoms with Gasteiger partial charge in [0.1, 0.15) is 6.04 Å². The summed E-state index contributed by atoms with van der Waals surface area (Å²) in [7, 11) is 1.30. The van der Waals surface area contributed by atoms with Crippen molar-refractivity contribution in [3.63, 3.8) is 0 Å². The van der Waals surface area contributed by atoms with Crippen LogP contribution < -0.4 is 5.32 Å². The van der Waals surface area contributed by atoms with Crippen molar-refractivity contribution in [2.24, 2.45) is 0 Å². The molecule has 1 aromatic rings. The lowest BCUT2D eigenvalue weighted by Crippen LogP contribution is -2.33. The number of alkyl halides is 3. The summed E-state index contributed by atoms with van der Waals surface area (Å²) in [6.45, 7) is -0.168. The Hall–Kier alpha value is -2.27. The van der Waals surface area contributed by atoms with E-state index in [2.05, 4.69) is 10.1 Å². The lowest BCUT2D eigenvalue weighted by atomic mass is 10.1. The summed E-state index contributed by atoms with van der Waals surface area (Å²) in [5, 5.41) is 20.1. The van der Waals surface area contributed by atoms with Crippen molar-refractivity contribution >= 4 is 11.7 Å². The number of carboxylic acid groups (broad SMARTS) is 1. The van der Waals surface area contributed by atoms with Gasteiger partial charge in [0.2, 0.25) is 0 Å². The summed E-state index contributed by atoms with van der Waals surface area (Å²) in [6.07, 6.45) is -4.64. The molecule has 0 saturated carbocycles. The Labute approximate surface area is 112 Å². The average molecular weight is 288 g/mol. The van der Waals surface area contributed by atoms with Crippen LogP contribution in [0.25, 0.3) is 0 Å². The highest BCUT2D eigenvalue weighted by molar-refractivity contribution is 5.77. The van der Waals surface area contributed by atoms with Gasteiger partial charge in [-0.25, -0.2) is 4.79 Å². The molecule has 0 aliphatic rings. The van der Waals surface area contributed by atoms with Gasteiger partial charge in [0.25, 0.3) is 0 Å². The fourth-order valence-electron chi connectivity index (χ4n) is 1.52. The first-order valence-corrected chi connectivity index (χ1v) is 5.39. The van der Waals surface area contributed by atoms with E-state index in [0.29, 0.717) is 0 Å². The molecule has 5 nitrogen and oxygen atoms in total. The molecule has 0 aromatic heterocycles. The van der Waals surface area contributed by atoms with Crippen LogP contribution in [-0.4, -0.2) is 30.8 Å². The molecule has 20 heavy (non-hydrogen) atoms. The van der Waals surface area contributed by atoms with Gasteiger partial charge in [0.05, 0.1) is 23.8 Å². The normalized spacial score (nSPS) is 12.6. The van der Waals surface area contributed by atoms with Crippen molar-refractivity contribution in [3.8, 4) is 6.07 Å². The maximum Gasteiger partial charge on any atom is 0.417 e. The molecular weight excluding hydrogens is 277 g/mol. The van der Waals surface area contributed by atoms with Crippen LogP contribution in [0.2, 0.25) is 0 Å². The predicted molar refractivity (Wildman–Crippen MR) is 63.1 cm³/mol. The second kappa shape index (κ2) is 6.25. The summed E-state index contributed by atoms with van der Waals surface area (Å²) in [4.78, 5) is 10.9. The van der Waals surface area contributed by atoms with E-state index in [4.69, 9.17) is 10.4 Å². The van der Waals surface area contributed by atoms with Gasteiger partial charge in [-0.2, -0.15) is 18.4 Å². The molecule has 0 aliphatic carbocycles. The van der Waals surface area contributed by atoms with E-state index in [-0.39, 0.29) is 12.3 Å². The molecule has 0 fully saturated rings. The Morgan fingerprint density at radius 1 is 1.55 bits per heavy atom. The lowest BCUT2D eigenvalue weighted by Gasteiger charge is -2.16. The van der Waals surface area contributed by atoms with Gasteiger partial charge >= 0.3 is 12.1 Å². The van der Waals surface area contributed by atoms with Crippen LogP contribution in [-0.2, 0) is 15.7 Å². The second-order valence-electron chi connectivity index (χ2n) is 3.86. The number of nitrogens with zero attached hydrogens (tertiary/aromatic N) is 1. The van der Waals surface area contributed by atoms with Crippen LogP contribution in [0.4, 0.5) is 18.9 Å². The van der Waals surface area contributed by atoms with Crippen molar-refractivity contribution in [2.45, 2.75) is 12.2 Å². The fraction of sp³-hybridized carbons (Fsp3) is 0.333. The van der Waals surface area contributed by atoms with E-state index in [1.165, 1.54) is 13.2 Å². The van der Waals surface area contributed by atoms with Crippen LogP contribution in [0.1, 0.15) is 11.1 Å². The summed E-state index contributed by atoms with van der Waals surface area (Å²) < 4.78 is 42.5. The molecular formula is C12H11F3N2O3. The lowest BCUT2D eigenvalue weighted by molar-refractivity contribution is -0.139. The van der Waals surface area contributed by atoms with Crippen molar-refractivity contribution in [1.82, 2.24) is 0 Å². The predicted octanol–water partition coefficient (Wildman–Crippen LogP) is 2.09. The molecule has 1 unspecified atom stereocenters. The number of hydrogen-bond acceptors (Lipinski definition) is 4. The minimum Gasteiger partial charge on any atom is -0.480 e. The molecule has 0 radical (unpaired) electrons. The van der Waals surface area contributed by atoms with Crippen LogP contribution in [0.3, 0.4) is 0 Å². The van der Waals surface area contributed by atoms with Gasteiger partial charge in [0, 0.05) is 12.8 Å². The van der Waals surface area contributed by atoms with Crippen molar-refractivity contribution in [3.05, 3.63) is 29.3 Å². The Balaban J connectivity index is 3.05. The number of nitrogens with one attached hydrogen (secondary N) is 1. The van der Waals surface area contributed by atoms with Gasteiger partial charge in [-0.15, -0.1) is 0 Å². The Bertz CT molecular complexity index is 538. The molecule has 0 aliphatic heterocycles. The standard InChI is InChI=1S/C12H11F3N2O3/c1-20-6-10(11(18)19)17-8-2-3-9(12(13,14)15)7(4-8)5-16/h2-4,10,17H,6H2,1H3,(H,18,19). The molecule has 0 heterocycles. The number of aliphatic carboxylic acids is 1. The van der Waals surface area contributed by atoms with E-state index in [1.54, 1.807) is 0 Å². The number of carbonyl (C=O) groups is 1. The van der Waals surface area contributed by atoms with Gasteiger partial charge < -0.3 is 15.2 Å². The van der Waals surface area contributed by atoms with Crippen molar-refractivity contribution in [1.29, 1.82) is 5.26 Å². The smallest absolute Gasteiger partial charge is 0.417 e. The molecule has 0 amide bonds. The summed E-state index contributed by atoms with van der Waals surface area (Å²) in [5.41, 5.74) is -1.55. The van der Waals surface area contributed by atoms with Crippen molar-refractivity contribution < 1.29 is 27.8 Å². The first kappa shape index (κ1) is 15.8. The SMILES string of the molecule is COCC(Nc1ccc(C(F)(F)F)c(C#N)c1)C(=O)O. The number of halogens is 3. The quantitative estimate of drug-likeness (QED) is 0.867. The average Bonchev–Trinajstić information content (AvgIpc) is 2.36. The zero-order valence-corrected chi connectivity index (χ0v) is 10.4. The summed E-state index contributed by atoms with van der Waals surface area (Å²) in [6, 6.07) is 3.06. The highest BCUT2D eigenvalue weighted by Crippen LogP contribution is 2.33. The first-order chi connectivity index (χ1) is 9.29. The summed E-state index contributed by atoms with van der Waals surface area (Å²) in [5.74, 6) is -1.22. The number of methoxy groups -OCH3 is 1. The Morgan fingerprint density at radius 3 is 2.65 bits per heavy atom. The molecule has 1 rings (SSSR count). The van der Waals surface area contributed by atoms with E-state index >= 15 is 0 Å².